The molecular formula is C5H4N2S. The van der Waals surface area contributed by atoms with Crippen molar-refractivity contribution in [2.75, 3.05) is 5.73 Å². The molecule has 0 bridgehead atoms. The number of hydrogen-bond donors (Lipinski definition) is 1. The summed E-state index contributed by atoms with van der Waals surface area (Å²) in [4.78, 5) is 4.52. The molecule has 0 spiro atoms. The van der Waals surface area contributed by atoms with Gasteiger partial charge in [0.25, 0.3) is 0 Å². The predicted octanol–water partition coefficient (Wildman–Crippen LogP) is 0.707. The highest BCUT2D eigenvalue weighted by molar-refractivity contribution is 7.15. The van der Waals surface area contributed by atoms with Gasteiger partial charge in [0.1, 0.15) is 0 Å². The highest BCUT2D eigenvalue weighted by Gasteiger charge is 1.90. The van der Waals surface area contributed by atoms with Crippen molar-refractivity contribution in [3.05, 3.63) is 11.1 Å². The van der Waals surface area contributed by atoms with E-state index in [2.05, 4.69) is 10.9 Å². The minimum Gasteiger partial charge on any atom is -0.375 e. The van der Waals surface area contributed by atoms with Crippen LogP contribution in [0.2, 0.25) is 0 Å². The van der Waals surface area contributed by atoms with E-state index in [0.717, 1.165) is 4.88 Å². The molecule has 0 radical (unpaired) electrons. The van der Waals surface area contributed by atoms with Gasteiger partial charge >= 0.3 is 0 Å². The van der Waals surface area contributed by atoms with Crippen LogP contribution in [0, 0.1) is 12.3 Å². The first-order chi connectivity index (χ1) is 3.83. The minimum absolute atomic E-state index is 0.526. The summed E-state index contributed by atoms with van der Waals surface area (Å²) < 4.78 is 0. The van der Waals surface area contributed by atoms with E-state index in [4.69, 9.17) is 12.2 Å². The molecule has 8 heavy (non-hydrogen) atoms. The van der Waals surface area contributed by atoms with Crippen molar-refractivity contribution >= 4 is 16.5 Å². The van der Waals surface area contributed by atoms with E-state index in [1.807, 2.05) is 0 Å². The molecular weight excluding hydrogens is 120 g/mol. The Balaban J connectivity index is 3.05. The molecule has 1 aromatic heterocycles. The molecule has 0 aromatic carbocycles. The molecule has 0 unspecified atom stereocenters. The molecule has 0 aliphatic heterocycles. The monoisotopic (exact) mass is 124 g/mol. The fourth-order valence-electron chi connectivity index (χ4n) is 0.354. The third-order valence-electron chi connectivity index (χ3n) is 0.666. The van der Waals surface area contributed by atoms with Gasteiger partial charge in [-0.25, -0.2) is 4.98 Å². The molecule has 1 aromatic rings. The first-order valence-electron chi connectivity index (χ1n) is 2.01. The van der Waals surface area contributed by atoms with Gasteiger partial charge in [0.05, 0.1) is 11.1 Å². The Bertz CT molecular complexity index is 221. The summed E-state index contributed by atoms with van der Waals surface area (Å²) in [7, 11) is 0. The van der Waals surface area contributed by atoms with Crippen molar-refractivity contribution in [3.8, 4) is 12.3 Å². The topological polar surface area (TPSA) is 38.9 Å². The zero-order valence-corrected chi connectivity index (χ0v) is 4.90. The second kappa shape index (κ2) is 1.85. The number of hydrogen-bond acceptors (Lipinski definition) is 3. The Labute approximate surface area is 51.4 Å². The maximum absolute atomic E-state index is 5.27. The third kappa shape index (κ3) is 0.796. The smallest absolute Gasteiger partial charge is 0.181 e. The molecule has 0 saturated heterocycles. The minimum atomic E-state index is 0.526. The van der Waals surface area contributed by atoms with Crippen molar-refractivity contribution in [2.24, 2.45) is 0 Å². The standard InChI is InChI=1S/C5H4N2S/c1-2-4-3-7-5(6)8-4/h1,3H,(H2,6,7). The Hall–Kier alpha value is -1.01. The van der Waals surface area contributed by atoms with Gasteiger partial charge < -0.3 is 5.73 Å². The molecule has 2 nitrogen and oxygen atoms in total. The molecule has 0 amide bonds. The highest BCUT2D eigenvalue weighted by Crippen LogP contribution is 2.11. The van der Waals surface area contributed by atoms with E-state index < -0.39 is 0 Å². The van der Waals surface area contributed by atoms with E-state index in [0.29, 0.717) is 5.13 Å². The van der Waals surface area contributed by atoms with Gasteiger partial charge in [-0.1, -0.05) is 17.3 Å². The lowest BCUT2D eigenvalue weighted by atomic mass is 10.6. The first-order valence-corrected chi connectivity index (χ1v) is 2.82. The summed E-state index contributed by atoms with van der Waals surface area (Å²) in [6, 6.07) is 0. The van der Waals surface area contributed by atoms with Crippen LogP contribution in [0.15, 0.2) is 6.20 Å². The fraction of sp³-hybridized carbons (Fsp3) is 0. The molecule has 0 aliphatic rings. The second-order valence-corrected chi connectivity index (χ2v) is 2.27. The maximum Gasteiger partial charge on any atom is 0.181 e. The molecule has 1 rings (SSSR count). The maximum atomic E-state index is 5.27. The van der Waals surface area contributed by atoms with Crippen LogP contribution in [-0.4, -0.2) is 4.98 Å². The van der Waals surface area contributed by atoms with E-state index >= 15 is 0 Å². The van der Waals surface area contributed by atoms with Crippen LogP contribution in [0.3, 0.4) is 0 Å². The molecule has 0 atom stereocenters. The van der Waals surface area contributed by atoms with Gasteiger partial charge in [-0.05, 0) is 0 Å². The van der Waals surface area contributed by atoms with Gasteiger partial charge in [-0.3, -0.25) is 0 Å². The summed E-state index contributed by atoms with van der Waals surface area (Å²) >= 11 is 1.32. The summed E-state index contributed by atoms with van der Waals surface area (Å²) in [5.41, 5.74) is 5.27. The Morgan fingerprint density at radius 1 is 1.88 bits per heavy atom. The number of rotatable bonds is 0. The quantitative estimate of drug-likeness (QED) is 0.517. The van der Waals surface area contributed by atoms with Crippen LogP contribution < -0.4 is 5.73 Å². The van der Waals surface area contributed by atoms with Crippen molar-refractivity contribution in [2.45, 2.75) is 0 Å². The summed E-state index contributed by atoms with van der Waals surface area (Å²) in [5.74, 6) is 2.42. The van der Waals surface area contributed by atoms with Gasteiger partial charge in [-0.15, -0.1) is 6.42 Å². The van der Waals surface area contributed by atoms with Crippen LogP contribution in [0.4, 0.5) is 5.13 Å². The summed E-state index contributed by atoms with van der Waals surface area (Å²) in [6.45, 7) is 0. The number of nitrogens with two attached hydrogens (primary N) is 1. The number of anilines is 1. The lowest BCUT2D eigenvalue weighted by Crippen LogP contribution is -1.77. The van der Waals surface area contributed by atoms with Crippen molar-refractivity contribution in [1.82, 2.24) is 4.98 Å². The molecule has 0 aliphatic carbocycles. The van der Waals surface area contributed by atoms with Crippen molar-refractivity contribution < 1.29 is 0 Å². The van der Waals surface area contributed by atoms with Crippen molar-refractivity contribution in [3.63, 3.8) is 0 Å². The second-order valence-electron chi connectivity index (χ2n) is 1.21. The lowest BCUT2D eigenvalue weighted by molar-refractivity contribution is 1.42. The van der Waals surface area contributed by atoms with E-state index in [1.165, 1.54) is 11.3 Å². The highest BCUT2D eigenvalue weighted by atomic mass is 32.1. The zero-order chi connectivity index (χ0) is 5.98. The fourth-order valence-corrected chi connectivity index (χ4v) is 0.849. The van der Waals surface area contributed by atoms with Gasteiger partial charge in [-0.2, -0.15) is 0 Å². The van der Waals surface area contributed by atoms with E-state index in [-0.39, 0.29) is 0 Å². The number of aromatic nitrogens is 1. The zero-order valence-electron chi connectivity index (χ0n) is 4.09. The largest absolute Gasteiger partial charge is 0.375 e. The average molecular weight is 124 g/mol. The normalized spacial score (nSPS) is 8.38. The number of thiazole rings is 1. The number of nitrogens with zero attached hydrogens (tertiary/aromatic N) is 1. The van der Waals surface area contributed by atoms with Crippen LogP contribution in [0.25, 0.3) is 0 Å². The molecule has 0 fully saturated rings. The molecule has 40 valence electrons. The Morgan fingerprint density at radius 3 is 2.88 bits per heavy atom. The van der Waals surface area contributed by atoms with Crippen LogP contribution in [-0.2, 0) is 0 Å². The first kappa shape index (κ1) is 5.13. The van der Waals surface area contributed by atoms with E-state index in [1.54, 1.807) is 6.20 Å². The van der Waals surface area contributed by atoms with Crippen LogP contribution >= 0.6 is 11.3 Å². The van der Waals surface area contributed by atoms with Gasteiger partial charge in [0, 0.05) is 0 Å². The SMILES string of the molecule is C#Cc1cnc(N)s1. The van der Waals surface area contributed by atoms with Gasteiger partial charge in [0.2, 0.25) is 0 Å². The summed E-state index contributed by atoms with van der Waals surface area (Å²) in [5, 5.41) is 0.526. The molecule has 2 N–H and O–H groups in total. The lowest BCUT2D eigenvalue weighted by Gasteiger charge is -1.70. The number of nitrogen functional groups attached to an aromatic ring is 1. The molecule has 3 heteroatoms. The summed E-state index contributed by atoms with van der Waals surface area (Å²) in [6.07, 6.45) is 6.61. The van der Waals surface area contributed by atoms with Crippen LogP contribution in [0.5, 0.6) is 0 Å². The number of terminal acetylenes is 1. The average Bonchev–Trinajstić information content (AvgIpc) is 2.14. The van der Waals surface area contributed by atoms with E-state index in [9.17, 15) is 0 Å². The Kier molecular flexibility index (Phi) is 1.18. The van der Waals surface area contributed by atoms with Gasteiger partial charge in [0.15, 0.2) is 5.13 Å². The van der Waals surface area contributed by atoms with Crippen LogP contribution in [0.1, 0.15) is 4.88 Å². The Morgan fingerprint density at radius 2 is 2.62 bits per heavy atom. The van der Waals surface area contributed by atoms with Crippen molar-refractivity contribution in [1.29, 1.82) is 0 Å². The molecule has 0 saturated carbocycles. The molecule has 1 heterocycles. The predicted molar refractivity (Wildman–Crippen MR) is 34.5 cm³/mol. The third-order valence-corrected chi connectivity index (χ3v) is 1.42.